The van der Waals surface area contributed by atoms with Crippen LogP contribution in [0.25, 0.3) is 0 Å². The third-order valence-electron chi connectivity index (χ3n) is 4.23. The van der Waals surface area contributed by atoms with Crippen LogP contribution >= 0.6 is 0 Å². The highest BCUT2D eigenvalue weighted by molar-refractivity contribution is 7.88. The van der Waals surface area contributed by atoms with E-state index in [1.54, 1.807) is 0 Å². The minimum absolute atomic E-state index is 0.0582. The molecule has 0 saturated carbocycles. The van der Waals surface area contributed by atoms with E-state index < -0.39 is 14.9 Å². The van der Waals surface area contributed by atoms with Crippen LogP contribution in [-0.4, -0.2) is 26.4 Å². The lowest BCUT2D eigenvalue weighted by atomic mass is 9.95. The molecule has 2 N–H and O–H groups in total. The van der Waals surface area contributed by atoms with E-state index in [-0.39, 0.29) is 24.0 Å². The fraction of sp³-hybridized carbons (Fsp3) is 0.294. The van der Waals surface area contributed by atoms with Crippen LogP contribution < -0.4 is 10.0 Å². The molecule has 2 aromatic rings. The molecule has 0 bridgehead atoms. The number of fused-ring (bicyclic) bond motifs is 1. The number of nitrogens with zero attached hydrogens (tertiary/aromatic N) is 1. The summed E-state index contributed by atoms with van der Waals surface area (Å²) in [4.78, 5) is 10.1. The molecule has 0 amide bonds. The summed E-state index contributed by atoms with van der Waals surface area (Å²) in [6.07, 6.45) is 0.933. The van der Waals surface area contributed by atoms with E-state index in [0.29, 0.717) is 5.56 Å². The first-order valence-corrected chi connectivity index (χ1v) is 9.62. The maximum absolute atomic E-state index is 12.3. The Balaban J connectivity index is 1.63. The molecule has 8 heteroatoms. The topological polar surface area (TPSA) is 101 Å². The van der Waals surface area contributed by atoms with E-state index >= 15 is 0 Å². The first-order chi connectivity index (χ1) is 11.9. The number of nitro groups is 1. The molecule has 0 aromatic heterocycles. The summed E-state index contributed by atoms with van der Waals surface area (Å²) < 4.78 is 27.2. The molecule has 3 rings (SSSR count). The quantitative estimate of drug-likeness (QED) is 0.604. The number of hydrogen-bond donors (Lipinski definition) is 2. The Bertz CT molecular complexity index is 866. The average Bonchev–Trinajstić information content (AvgIpc) is 2.60. The van der Waals surface area contributed by atoms with Crippen molar-refractivity contribution < 1.29 is 13.3 Å². The lowest BCUT2D eigenvalue weighted by molar-refractivity contribution is -0.384. The summed E-state index contributed by atoms with van der Waals surface area (Å²) in [5.74, 6) is -0.209. The van der Waals surface area contributed by atoms with Crippen molar-refractivity contribution in [3.05, 3.63) is 75.3 Å². The minimum atomic E-state index is -3.53. The maximum atomic E-state index is 12.3. The van der Waals surface area contributed by atoms with Crippen LogP contribution in [-0.2, 0) is 22.2 Å². The van der Waals surface area contributed by atoms with Gasteiger partial charge in [0.1, 0.15) is 0 Å². The molecule has 0 aliphatic carbocycles. The highest BCUT2D eigenvalue weighted by atomic mass is 32.2. The van der Waals surface area contributed by atoms with E-state index in [9.17, 15) is 18.5 Å². The lowest BCUT2D eigenvalue weighted by Gasteiger charge is -2.27. The second-order valence-electron chi connectivity index (χ2n) is 5.99. The zero-order valence-corrected chi connectivity index (χ0v) is 14.3. The van der Waals surface area contributed by atoms with Gasteiger partial charge in [0.15, 0.2) is 0 Å². The molecule has 25 heavy (non-hydrogen) atoms. The summed E-state index contributed by atoms with van der Waals surface area (Å²) in [5.41, 5.74) is 2.81. The van der Waals surface area contributed by atoms with Crippen LogP contribution in [0.5, 0.6) is 0 Å². The molecule has 1 aliphatic rings. The molecular formula is C17H19N3O4S. The Morgan fingerprint density at radius 3 is 2.60 bits per heavy atom. The minimum Gasteiger partial charge on any atom is -0.308 e. The average molecular weight is 361 g/mol. The summed E-state index contributed by atoms with van der Waals surface area (Å²) in [6, 6.07) is 13.5. The van der Waals surface area contributed by atoms with Crippen molar-refractivity contribution in [3.63, 3.8) is 0 Å². The molecule has 7 nitrogen and oxygen atoms in total. The largest absolute Gasteiger partial charge is 0.308 e. The Labute approximate surface area is 146 Å². The zero-order chi connectivity index (χ0) is 17.9. The summed E-state index contributed by atoms with van der Waals surface area (Å²) >= 11 is 0. The Kier molecular flexibility index (Phi) is 5.12. The molecule has 1 unspecified atom stereocenters. The molecule has 132 valence electrons. The molecule has 1 aliphatic heterocycles. The standard InChI is InChI=1S/C17H19N3O4S/c21-20(22)15-7-5-13(6-8-15)12-25(23,24)19-11-17-16-4-2-1-3-14(16)9-10-18-17/h1-8,17-19H,9-12H2. The number of non-ortho nitro benzene ring substituents is 1. The van der Waals surface area contributed by atoms with Gasteiger partial charge in [0, 0.05) is 24.7 Å². The van der Waals surface area contributed by atoms with Crippen LogP contribution in [0.2, 0.25) is 0 Å². The predicted molar refractivity (Wildman–Crippen MR) is 94.6 cm³/mol. The van der Waals surface area contributed by atoms with Crippen LogP contribution in [0, 0.1) is 10.1 Å². The Morgan fingerprint density at radius 2 is 1.88 bits per heavy atom. The van der Waals surface area contributed by atoms with Gasteiger partial charge < -0.3 is 5.32 Å². The van der Waals surface area contributed by atoms with Gasteiger partial charge in [0.05, 0.1) is 10.7 Å². The van der Waals surface area contributed by atoms with Crippen molar-refractivity contribution in [2.45, 2.75) is 18.2 Å². The molecule has 1 atom stereocenters. The van der Waals surface area contributed by atoms with Gasteiger partial charge in [-0.1, -0.05) is 36.4 Å². The number of rotatable bonds is 6. The number of hydrogen-bond acceptors (Lipinski definition) is 5. The first kappa shape index (κ1) is 17.5. The fourth-order valence-corrected chi connectivity index (χ4v) is 4.12. The molecule has 0 saturated heterocycles. The number of benzene rings is 2. The first-order valence-electron chi connectivity index (χ1n) is 7.96. The highest BCUT2D eigenvalue weighted by Gasteiger charge is 2.21. The predicted octanol–water partition coefficient (Wildman–Crippen LogP) is 1.90. The Hall–Kier alpha value is -2.29. The maximum Gasteiger partial charge on any atom is 0.269 e. The van der Waals surface area contributed by atoms with E-state index in [1.807, 2.05) is 18.2 Å². The van der Waals surface area contributed by atoms with Gasteiger partial charge in [0.2, 0.25) is 10.0 Å². The van der Waals surface area contributed by atoms with Gasteiger partial charge in [-0.05, 0) is 29.7 Å². The van der Waals surface area contributed by atoms with Gasteiger partial charge in [-0.3, -0.25) is 10.1 Å². The van der Waals surface area contributed by atoms with Crippen LogP contribution in [0.15, 0.2) is 48.5 Å². The number of nitro benzene ring substituents is 1. The monoisotopic (exact) mass is 361 g/mol. The van der Waals surface area contributed by atoms with Crippen LogP contribution in [0.4, 0.5) is 5.69 Å². The molecule has 2 aromatic carbocycles. The fourth-order valence-electron chi connectivity index (χ4n) is 2.97. The van der Waals surface area contributed by atoms with Gasteiger partial charge in [-0.2, -0.15) is 0 Å². The molecule has 0 radical (unpaired) electrons. The van der Waals surface area contributed by atoms with Crippen LogP contribution in [0.1, 0.15) is 22.7 Å². The lowest BCUT2D eigenvalue weighted by Crippen LogP contribution is -2.39. The van der Waals surface area contributed by atoms with Crippen molar-refractivity contribution in [1.82, 2.24) is 10.0 Å². The SMILES string of the molecule is O=[N+]([O-])c1ccc(CS(=O)(=O)NCC2NCCc3ccccc32)cc1. The van der Waals surface area contributed by atoms with Crippen molar-refractivity contribution in [2.75, 3.05) is 13.1 Å². The summed E-state index contributed by atoms with van der Waals surface area (Å²) in [5, 5.41) is 14.0. The van der Waals surface area contributed by atoms with Gasteiger partial charge in [-0.15, -0.1) is 0 Å². The van der Waals surface area contributed by atoms with Crippen molar-refractivity contribution in [1.29, 1.82) is 0 Å². The molecule has 0 fully saturated rings. The van der Waals surface area contributed by atoms with Crippen molar-refractivity contribution in [2.24, 2.45) is 0 Å². The summed E-state index contributed by atoms with van der Waals surface area (Å²) in [7, 11) is -3.53. The smallest absolute Gasteiger partial charge is 0.269 e. The highest BCUT2D eigenvalue weighted by Crippen LogP contribution is 2.22. The van der Waals surface area contributed by atoms with E-state index in [0.717, 1.165) is 18.5 Å². The molecule has 1 heterocycles. The van der Waals surface area contributed by atoms with E-state index in [4.69, 9.17) is 0 Å². The number of sulfonamides is 1. The second-order valence-corrected chi connectivity index (χ2v) is 7.79. The van der Waals surface area contributed by atoms with Gasteiger partial charge >= 0.3 is 0 Å². The third-order valence-corrected chi connectivity index (χ3v) is 5.55. The van der Waals surface area contributed by atoms with E-state index in [2.05, 4.69) is 16.1 Å². The zero-order valence-electron chi connectivity index (χ0n) is 13.5. The van der Waals surface area contributed by atoms with Crippen molar-refractivity contribution >= 4 is 15.7 Å². The number of nitrogens with one attached hydrogen (secondary N) is 2. The van der Waals surface area contributed by atoms with E-state index in [1.165, 1.54) is 29.8 Å². The summed E-state index contributed by atoms with van der Waals surface area (Å²) in [6.45, 7) is 1.08. The van der Waals surface area contributed by atoms with Gasteiger partial charge in [-0.25, -0.2) is 13.1 Å². The normalized spacial score (nSPS) is 17.0. The molecular weight excluding hydrogens is 342 g/mol. The molecule has 0 spiro atoms. The third kappa shape index (κ3) is 4.41. The van der Waals surface area contributed by atoms with Crippen LogP contribution in [0.3, 0.4) is 0 Å². The van der Waals surface area contributed by atoms with Crippen molar-refractivity contribution in [3.8, 4) is 0 Å². The van der Waals surface area contributed by atoms with Gasteiger partial charge in [0.25, 0.3) is 5.69 Å². The Morgan fingerprint density at radius 1 is 1.16 bits per heavy atom. The second kappa shape index (κ2) is 7.30.